The highest BCUT2D eigenvalue weighted by molar-refractivity contribution is 5.32. The molecule has 2 atom stereocenters. The predicted octanol–water partition coefficient (Wildman–Crippen LogP) is 1.33. The molecular weight excluding hydrogens is 164 g/mol. The van der Waals surface area contributed by atoms with E-state index in [-0.39, 0.29) is 5.92 Å². The van der Waals surface area contributed by atoms with Crippen molar-refractivity contribution in [2.75, 3.05) is 7.11 Å². The summed E-state index contributed by atoms with van der Waals surface area (Å²) >= 11 is 0. The van der Waals surface area contributed by atoms with E-state index in [9.17, 15) is 0 Å². The van der Waals surface area contributed by atoms with Crippen molar-refractivity contribution in [2.45, 2.75) is 18.9 Å². The van der Waals surface area contributed by atoms with Crippen LogP contribution in [0.15, 0.2) is 23.9 Å². The van der Waals surface area contributed by atoms with Crippen molar-refractivity contribution < 1.29 is 4.74 Å². The van der Waals surface area contributed by atoms with Crippen molar-refractivity contribution in [3.05, 3.63) is 23.9 Å². The zero-order chi connectivity index (χ0) is 9.90. The van der Waals surface area contributed by atoms with Gasteiger partial charge >= 0.3 is 0 Å². The summed E-state index contributed by atoms with van der Waals surface area (Å²) in [6.07, 6.45) is 6.12. The van der Waals surface area contributed by atoms with E-state index < -0.39 is 5.60 Å². The van der Waals surface area contributed by atoms with Crippen molar-refractivity contribution in [1.29, 1.82) is 5.26 Å². The molecule has 0 aromatic rings. The fourth-order valence-electron chi connectivity index (χ4n) is 1.71. The van der Waals surface area contributed by atoms with E-state index in [1.807, 2.05) is 13.0 Å². The van der Waals surface area contributed by atoms with Gasteiger partial charge in [0, 0.05) is 12.8 Å². The molecule has 0 aromatic heterocycles. The van der Waals surface area contributed by atoms with Crippen LogP contribution in [0.3, 0.4) is 0 Å². The van der Waals surface area contributed by atoms with Gasteiger partial charge in [0.15, 0.2) is 0 Å². The summed E-state index contributed by atoms with van der Waals surface area (Å²) in [6, 6.07) is 2.19. The van der Waals surface area contributed by atoms with Gasteiger partial charge in [0.2, 0.25) is 0 Å². The van der Waals surface area contributed by atoms with Crippen molar-refractivity contribution in [3.8, 4) is 6.07 Å². The quantitative estimate of drug-likeness (QED) is 0.694. The number of hydrogen-bond donors (Lipinski definition) is 1. The van der Waals surface area contributed by atoms with E-state index in [4.69, 9.17) is 15.7 Å². The molecule has 0 fully saturated rings. The maximum atomic E-state index is 8.94. The molecule has 13 heavy (non-hydrogen) atoms. The van der Waals surface area contributed by atoms with E-state index in [1.54, 1.807) is 19.3 Å². The summed E-state index contributed by atoms with van der Waals surface area (Å²) in [5.74, 6) is -0.285. The fourth-order valence-corrected chi connectivity index (χ4v) is 1.71. The lowest BCUT2D eigenvalue weighted by Crippen LogP contribution is -2.44. The van der Waals surface area contributed by atoms with E-state index in [0.29, 0.717) is 12.1 Å². The standard InChI is InChI=1S/C10H14N2O/c1-3-10(13-2)8(7-11)5-4-6-9(10)12/h4-6,8H,3,12H2,1-2H3. The van der Waals surface area contributed by atoms with Gasteiger partial charge in [-0.3, -0.25) is 0 Å². The predicted molar refractivity (Wildman–Crippen MR) is 50.5 cm³/mol. The Morgan fingerprint density at radius 2 is 2.46 bits per heavy atom. The van der Waals surface area contributed by atoms with Crippen LogP contribution in [0.1, 0.15) is 13.3 Å². The van der Waals surface area contributed by atoms with Crippen molar-refractivity contribution in [3.63, 3.8) is 0 Å². The van der Waals surface area contributed by atoms with Gasteiger partial charge in [-0.2, -0.15) is 5.26 Å². The lowest BCUT2D eigenvalue weighted by molar-refractivity contribution is -0.00256. The summed E-state index contributed by atoms with van der Waals surface area (Å²) < 4.78 is 5.38. The maximum absolute atomic E-state index is 8.94. The normalized spacial score (nSPS) is 32.4. The molecule has 0 bridgehead atoms. The number of nitrogens with two attached hydrogens (primary N) is 1. The SMILES string of the molecule is CCC1(OC)C(N)=CC=CC1C#N. The molecule has 70 valence electrons. The molecule has 0 amide bonds. The molecule has 0 saturated heterocycles. The molecule has 0 aliphatic heterocycles. The molecule has 2 unspecified atom stereocenters. The molecule has 0 spiro atoms. The second-order valence-corrected chi connectivity index (χ2v) is 3.06. The van der Waals surface area contributed by atoms with Crippen molar-refractivity contribution in [2.24, 2.45) is 11.7 Å². The summed E-state index contributed by atoms with van der Waals surface area (Å²) in [7, 11) is 1.59. The molecule has 0 heterocycles. The Labute approximate surface area is 78.5 Å². The number of ether oxygens (including phenoxy) is 1. The smallest absolute Gasteiger partial charge is 0.126 e. The van der Waals surface area contributed by atoms with Gasteiger partial charge < -0.3 is 10.5 Å². The number of allylic oxidation sites excluding steroid dienone is 2. The largest absolute Gasteiger partial charge is 0.400 e. The topological polar surface area (TPSA) is 59.0 Å². The third-order valence-corrected chi connectivity index (χ3v) is 2.60. The Morgan fingerprint density at radius 3 is 2.85 bits per heavy atom. The summed E-state index contributed by atoms with van der Waals surface area (Å²) in [5, 5.41) is 8.94. The van der Waals surface area contributed by atoms with Crippen LogP contribution in [0.5, 0.6) is 0 Å². The number of methoxy groups -OCH3 is 1. The first-order valence-electron chi connectivity index (χ1n) is 4.30. The second-order valence-electron chi connectivity index (χ2n) is 3.06. The molecule has 0 aromatic carbocycles. The van der Waals surface area contributed by atoms with Crippen LogP contribution in [-0.4, -0.2) is 12.7 Å². The Morgan fingerprint density at radius 1 is 1.77 bits per heavy atom. The van der Waals surface area contributed by atoms with Gasteiger partial charge in [0.05, 0.1) is 12.0 Å². The molecule has 0 radical (unpaired) electrons. The molecule has 0 saturated carbocycles. The van der Waals surface area contributed by atoms with Gasteiger partial charge in [-0.05, 0) is 12.5 Å². The minimum absolute atomic E-state index is 0.285. The highest BCUT2D eigenvalue weighted by atomic mass is 16.5. The number of nitrogens with zero attached hydrogens (tertiary/aromatic N) is 1. The Hall–Kier alpha value is -1.27. The average molecular weight is 178 g/mol. The monoisotopic (exact) mass is 178 g/mol. The lowest BCUT2D eigenvalue weighted by Gasteiger charge is -2.36. The van der Waals surface area contributed by atoms with Gasteiger partial charge in [-0.1, -0.05) is 19.1 Å². The number of hydrogen-bond acceptors (Lipinski definition) is 3. The summed E-state index contributed by atoms with van der Waals surface area (Å²) in [5.41, 5.74) is 5.84. The number of nitriles is 1. The van der Waals surface area contributed by atoms with Crippen LogP contribution in [0.2, 0.25) is 0 Å². The molecule has 1 rings (SSSR count). The van der Waals surface area contributed by atoms with E-state index >= 15 is 0 Å². The Bertz CT molecular complexity index is 282. The van der Waals surface area contributed by atoms with Gasteiger partial charge in [-0.15, -0.1) is 0 Å². The third kappa shape index (κ3) is 1.34. The minimum Gasteiger partial charge on any atom is -0.400 e. The fraction of sp³-hybridized carbons (Fsp3) is 0.500. The third-order valence-electron chi connectivity index (χ3n) is 2.60. The number of rotatable bonds is 2. The van der Waals surface area contributed by atoms with Crippen molar-refractivity contribution in [1.82, 2.24) is 0 Å². The van der Waals surface area contributed by atoms with Crippen LogP contribution in [0.4, 0.5) is 0 Å². The van der Waals surface area contributed by atoms with Gasteiger partial charge in [0.1, 0.15) is 5.60 Å². The average Bonchev–Trinajstić information content (AvgIpc) is 2.18. The van der Waals surface area contributed by atoms with E-state index in [0.717, 1.165) is 0 Å². The highest BCUT2D eigenvalue weighted by Gasteiger charge is 2.40. The Kier molecular flexibility index (Phi) is 2.74. The van der Waals surface area contributed by atoms with Crippen LogP contribution >= 0.6 is 0 Å². The maximum Gasteiger partial charge on any atom is 0.126 e. The lowest BCUT2D eigenvalue weighted by atomic mass is 9.80. The summed E-state index contributed by atoms with van der Waals surface area (Å²) in [6.45, 7) is 1.97. The molecule has 1 aliphatic carbocycles. The molecule has 2 N–H and O–H groups in total. The van der Waals surface area contributed by atoms with Gasteiger partial charge in [0.25, 0.3) is 0 Å². The zero-order valence-electron chi connectivity index (χ0n) is 7.95. The molecule has 3 nitrogen and oxygen atoms in total. The summed E-state index contributed by atoms with van der Waals surface area (Å²) in [4.78, 5) is 0. The van der Waals surface area contributed by atoms with Crippen LogP contribution in [0.25, 0.3) is 0 Å². The second kappa shape index (κ2) is 3.63. The molecule has 3 heteroatoms. The first-order chi connectivity index (χ1) is 6.21. The molecular formula is C10H14N2O. The van der Waals surface area contributed by atoms with Crippen LogP contribution in [0, 0.1) is 17.2 Å². The van der Waals surface area contributed by atoms with Gasteiger partial charge in [-0.25, -0.2) is 0 Å². The Balaban J connectivity index is 3.09. The zero-order valence-corrected chi connectivity index (χ0v) is 7.95. The van der Waals surface area contributed by atoms with Crippen LogP contribution < -0.4 is 5.73 Å². The first kappa shape index (κ1) is 9.82. The van der Waals surface area contributed by atoms with Crippen LogP contribution in [-0.2, 0) is 4.74 Å². The highest BCUT2D eigenvalue weighted by Crippen LogP contribution is 2.33. The first-order valence-corrected chi connectivity index (χ1v) is 4.30. The van der Waals surface area contributed by atoms with E-state index in [1.165, 1.54) is 0 Å². The molecule has 1 aliphatic rings. The van der Waals surface area contributed by atoms with E-state index in [2.05, 4.69) is 6.07 Å². The van der Waals surface area contributed by atoms with Crippen molar-refractivity contribution >= 4 is 0 Å². The minimum atomic E-state index is -0.622.